The van der Waals surface area contributed by atoms with Crippen molar-refractivity contribution in [1.29, 1.82) is 0 Å². The number of nitro groups is 1. The van der Waals surface area contributed by atoms with Crippen LogP contribution in [0.25, 0.3) is 0 Å². The summed E-state index contributed by atoms with van der Waals surface area (Å²) in [4.78, 5) is 16.3. The van der Waals surface area contributed by atoms with Gasteiger partial charge in [-0.2, -0.15) is 0 Å². The largest absolute Gasteiger partial charge is 0.284 e. The van der Waals surface area contributed by atoms with Gasteiger partial charge in [-0.1, -0.05) is 32.5 Å². The minimum Gasteiger partial charge on any atom is -0.258 e. The van der Waals surface area contributed by atoms with Gasteiger partial charge < -0.3 is 0 Å². The van der Waals surface area contributed by atoms with E-state index in [4.69, 9.17) is 0 Å². The van der Waals surface area contributed by atoms with Gasteiger partial charge in [-0.3, -0.25) is 10.1 Å². The van der Waals surface area contributed by atoms with Crippen LogP contribution in [0.4, 0.5) is 5.69 Å². The molecule has 9 heteroatoms. The van der Waals surface area contributed by atoms with E-state index in [9.17, 15) is 18.5 Å². The van der Waals surface area contributed by atoms with Crippen LogP contribution in [0, 0.1) is 10.1 Å². The van der Waals surface area contributed by atoms with Crippen molar-refractivity contribution in [2.45, 2.75) is 40.3 Å². The standard InChI is InChI=1S/C14H16N2O4S3/c1-14(2,3)12-8-15-13(22-12)21-11-6-5-9(23(4,19)20)7-10(11)16(17)18/h5-8H,1-4H3. The summed E-state index contributed by atoms with van der Waals surface area (Å²) < 4.78 is 23.8. The molecule has 0 bridgehead atoms. The Kier molecular flexibility index (Phi) is 4.84. The van der Waals surface area contributed by atoms with Crippen LogP contribution < -0.4 is 0 Å². The molecule has 0 fully saturated rings. The van der Waals surface area contributed by atoms with Crippen LogP contribution in [-0.4, -0.2) is 24.6 Å². The van der Waals surface area contributed by atoms with Gasteiger partial charge in [0.1, 0.15) is 0 Å². The Morgan fingerprint density at radius 2 is 1.96 bits per heavy atom. The number of hydrogen-bond acceptors (Lipinski definition) is 7. The molecule has 0 aliphatic carbocycles. The molecule has 23 heavy (non-hydrogen) atoms. The fourth-order valence-corrected chi connectivity index (χ4v) is 4.42. The summed E-state index contributed by atoms with van der Waals surface area (Å²) in [5.41, 5.74) is -0.270. The second kappa shape index (κ2) is 6.21. The van der Waals surface area contributed by atoms with Crippen LogP contribution in [0.15, 0.2) is 38.5 Å². The Morgan fingerprint density at radius 3 is 2.43 bits per heavy atom. The molecule has 0 N–H and O–H groups in total. The van der Waals surface area contributed by atoms with Gasteiger partial charge in [-0.05, 0) is 17.5 Å². The van der Waals surface area contributed by atoms with E-state index in [0.717, 1.165) is 17.2 Å². The minimum atomic E-state index is -3.49. The highest BCUT2D eigenvalue weighted by Crippen LogP contribution is 2.40. The van der Waals surface area contributed by atoms with E-state index in [1.807, 2.05) is 0 Å². The van der Waals surface area contributed by atoms with Crippen LogP contribution in [0.5, 0.6) is 0 Å². The molecule has 2 aromatic rings. The molecule has 0 saturated carbocycles. The molecule has 0 spiro atoms. The van der Waals surface area contributed by atoms with Crippen molar-refractivity contribution >= 4 is 38.6 Å². The first kappa shape index (κ1) is 17.9. The molecular formula is C14H16N2O4S3. The SMILES string of the molecule is CC(C)(C)c1cnc(Sc2ccc(S(C)(=O)=O)cc2[N+](=O)[O-])s1. The zero-order valence-corrected chi connectivity index (χ0v) is 15.5. The van der Waals surface area contributed by atoms with Gasteiger partial charge in [0.15, 0.2) is 14.2 Å². The molecule has 0 saturated heterocycles. The van der Waals surface area contributed by atoms with E-state index in [1.54, 1.807) is 6.20 Å². The van der Waals surface area contributed by atoms with E-state index in [2.05, 4.69) is 25.8 Å². The van der Waals surface area contributed by atoms with Gasteiger partial charge in [0.05, 0.1) is 14.7 Å². The normalized spacial score (nSPS) is 12.3. The van der Waals surface area contributed by atoms with Gasteiger partial charge >= 0.3 is 0 Å². The van der Waals surface area contributed by atoms with Crippen molar-refractivity contribution in [3.05, 3.63) is 39.4 Å². The number of hydrogen-bond donors (Lipinski definition) is 0. The highest BCUT2D eigenvalue weighted by atomic mass is 32.2. The molecule has 1 aromatic carbocycles. The van der Waals surface area contributed by atoms with Crippen LogP contribution in [0.3, 0.4) is 0 Å². The van der Waals surface area contributed by atoms with Crippen molar-refractivity contribution in [2.24, 2.45) is 0 Å². The lowest BCUT2D eigenvalue weighted by molar-refractivity contribution is -0.388. The van der Waals surface area contributed by atoms with Gasteiger partial charge in [0.2, 0.25) is 0 Å². The molecule has 1 aromatic heterocycles. The highest BCUT2D eigenvalue weighted by molar-refractivity contribution is 8.01. The number of benzene rings is 1. The molecule has 1 heterocycles. The van der Waals surface area contributed by atoms with E-state index < -0.39 is 14.8 Å². The number of thiazole rings is 1. The first-order valence-corrected chi connectivity index (χ1v) is 10.1. The van der Waals surface area contributed by atoms with E-state index in [1.165, 1.54) is 35.2 Å². The maximum atomic E-state index is 11.6. The van der Waals surface area contributed by atoms with Crippen molar-refractivity contribution < 1.29 is 13.3 Å². The molecule has 0 aliphatic rings. The van der Waals surface area contributed by atoms with Gasteiger partial charge in [0, 0.05) is 23.4 Å². The Hall–Kier alpha value is -1.45. The Labute approximate surface area is 143 Å². The van der Waals surface area contributed by atoms with Crippen LogP contribution in [0.2, 0.25) is 0 Å². The Morgan fingerprint density at radius 1 is 1.30 bits per heavy atom. The van der Waals surface area contributed by atoms with E-state index in [0.29, 0.717) is 9.24 Å². The first-order valence-electron chi connectivity index (χ1n) is 6.61. The van der Waals surface area contributed by atoms with Crippen molar-refractivity contribution in [3.63, 3.8) is 0 Å². The predicted molar refractivity (Wildman–Crippen MR) is 91.1 cm³/mol. The number of aromatic nitrogens is 1. The summed E-state index contributed by atoms with van der Waals surface area (Å²) in [5, 5.41) is 11.2. The lowest BCUT2D eigenvalue weighted by Crippen LogP contribution is -2.07. The molecular weight excluding hydrogens is 356 g/mol. The third-order valence-electron chi connectivity index (χ3n) is 2.98. The maximum Gasteiger partial charge on any atom is 0.284 e. The number of nitrogens with zero attached hydrogens (tertiary/aromatic N) is 2. The lowest BCUT2D eigenvalue weighted by atomic mass is 9.96. The average molecular weight is 372 g/mol. The summed E-state index contributed by atoms with van der Waals surface area (Å²) in [5.74, 6) is 0. The molecule has 124 valence electrons. The molecule has 0 atom stereocenters. The molecule has 0 unspecified atom stereocenters. The maximum absolute atomic E-state index is 11.6. The molecule has 6 nitrogen and oxygen atoms in total. The Bertz CT molecular complexity index is 851. The molecule has 0 aliphatic heterocycles. The van der Waals surface area contributed by atoms with Crippen LogP contribution >= 0.6 is 23.1 Å². The monoisotopic (exact) mass is 372 g/mol. The van der Waals surface area contributed by atoms with Crippen molar-refractivity contribution in [2.75, 3.05) is 6.26 Å². The van der Waals surface area contributed by atoms with Crippen molar-refractivity contribution in [1.82, 2.24) is 4.98 Å². The average Bonchev–Trinajstić information content (AvgIpc) is 2.86. The predicted octanol–water partition coefficient (Wildman–Crippen LogP) is 3.90. The number of sulfone groups is 1. The summed E-state index contributed by atoms with van der Waals surface area (Å²) >= 11 is 2.65. The second-order valence-corrected chi connectivity index (χ2v) is 10.3. The molecule has 2 rings (SSSR count). The summed E-state index contributed by atoms with van der Waals surface area (Å²) in [7, 11) is -3.49. The van der Waals surface area contributed by atoms with Crippen LogP contribution in [-0.2, 0) is 15.3 Å². The van der Waals surface area contributed by atoms with Gasteiger partial charge in [-0.15, -0.1) is 11.3 Å². The fraction of sp³-hybridized carbons (Fsp3) is 0.357. The summed E-state index contributed by atoms with van der Waals surface area (Å²) in [6.07, 6.45) is 2.79. The smallest absolute Gasteiger partial charge is 0.258 e. The third-order valence-corrected chi connectivity index (χ3v) is 6.65. The van der Waals surface area contributed by atoms with Gasteiger partial charge in [-0.25, -0.2) is 13.4 Å². The van der Waals surface area contributed by atoms with Gasteiger partial charge in [0.25, 0.3) is 5.69 Å². The van der Waals surface area contributed by atoms with Crippen molar-refractivity contribution in [3.8, 4) is 0 Å². The third kappa shape index (κ3) is 4.30. The topological polar surface area (TPSA) is 90.2 Å². The minimum absolute atomic E-state index is 0.0391. The summed E-state index contributed by atoms with van der Waals surface area (Å²) in [6, 6.07) is 3.93. The number of nitro benzene ring substituents is 1. The zero-order chi connectivity index (χ0) is 17.4. The second-order valence-electron chi connectivity index (χ2n) is 6.00. The van der Waals surface area contributed by atoms with E-state index in [-0.39, 0.29) is 16.0 Å². The fourth-order valence-electron chi connectivity index (χ4n) is 1.70. The lowest BCUT2D eigenvalue weighted by Gasteiger charge is -2.14. The quantitative estimate of drug-likeness (QED) is 0.597. The first-order chi connectivity index (χ1) is 10.5. The van der Waals surface area contributed by atoms with Crippen LogP contribution in [0.1, 0.15) is 25.6 Å². The molecule has 0 radical (unpaired) electrons. The zero-order valence-electron chi connectivity index (χ0n) is 13.1. The Balaban J connectivity index is 2.40. The number of rotatable bonds is 4. The molecule has 0 amide bonds. The summed E-state index contributed by atoms with van der Waals surface area (Å²) in [6.45, 7) is 6.20. The highest BCUT2D eigenvalue weighted by Gasteiger charge is 2.22. The van der Waals surface area contributed by atoms with E-state index >= 15 is 0 Å².